The normalized spacial score (nSPS) is 26.9. The maximum Gasteiger partial charge on any atom is 0.324 e. The van der Waals surface area contributed by atoms with E-state index in [4.69, 9.17) is 4.74 Å². The van der Waals surface area contributed by atoms with E-state index in [1.807, 2.05) is 0 Å². The van der Waals surface area contributed by atoms with Gasteiger partial charge in [0.15, 0.2) is 5.78 Å². The second-order valence-electron chi connectivity index (χ2n) is 6.80. The molecule has 3 rings (SSSR count). The number of benzene rings is 1. The third kappa shape index (κ3) is 3.22. The van der Waals surface area contributed by atoms with Crippen LogP contribution in [0.5, 0.6) is 0 Å². The Hall–Kier alpha value is -1.73. The average Bonchev–Trinajstić information content (AvgIpc) is 3.01. The quantitative estimate of drug-likeness (QED) is 0.604. The summed E-state index contributed by atoms with van der Waals surface area (Å²) in [5, 5.41) is 0. The van der Waals surface area contributed by atoms with Gasteiger partial charge >= 0.3 is 5.97 Å². The topological polar surface area (TPSA) is 80.8 Å². The van der Waals surface area contributed by atoms with Crippen LogP contribution < -0.4 is 0 Å². The Morgan fingerprint density at radius 3 is 2.36 bits per heavy atom. The van der Waals surface area contributed by atoms with Gasteiger partial charge in [0, 0.05) is 11.6 Å². The number of fused-ring (bicyclic) bond motifs is 1. The highest BCUT2D eigenvalue weighted by molar-refractivity contribution is 7.89. The van der Waals surface area contributed by atoms with Crippen LogP contribution in [-0.2, 0) is 19.6 Å². The third-order valence-corrected chi connectivity index (χ3v) is 7.29. The fraction of sp³-hybridized carbons (Fsp3) is 0.556. The molecule has 0 bridgehead atoms. The van der Waals surface area contributed by atoms with Crippen molar-refractivity contribution in [2.24, 2.45) is 5.92 Å². The zero-order valence-corrected chi connectivity index (χ0v) is 15.3. The molecule has 1 aromatic carbocycles. The largest absolute Gasteiger partial charge is 0.468 e. The van der Waals surface area contributed by atoms with Gasteiger partial charge in [0.25, 0.3) is 0 Å². The molecule has 1 saturated heterocycles. The van der Waals surface area contributed by atoms with Gasteiger partial charge in [-0.1, -0.05) is 25.0 Å². The Morgan fingerprint density at radius 1 is 1.12 bits per heavy atom. The molecule has 1 aromatic rings. The molecule has 2 aliphatic rings. The lowest BCUT2D eigenvalue weighted by molar-refractivity contribution is -0.144. The van der Waals surface area contributed by atoms with Crippen LogP contribution in [0.3, 0.4) is 0 Å². The Bertz CT molecular complexity index is 771. The summed E-state index contributed by atoms with van der Waals surface area (Å²) in [5.41, 5.74) is 0.459. The van der Waals surface area contributed by atoms with Crippen molar-refractivity contribution >= 4 is 21.8 Å². The summed E-state index contributed by atoms with van der Waals surface area (Å²) in [6, 6.07) is 4.98. The SMILES string of the molecule is COC(=O)C1CC2CCCCC2N1S(=O)(=O)c1ccc(C(C)=O)cc1. The van der Waals surface area contributed by atoms with E-state index in [0.717, 1.165) is 25.7 Å². The van der Waals surface area contributed by atoms with Gasteiger partial charge in [0.05, 0.1) is 12.0 Å². The van der Waals surface area contributed by atoms with Gasteiger partial charge < -0.3 is 4.74 Å². The number of nitrogens with zero attached hydrogens (tertiary/aromatic N) is 1. The van der Waals surface area contributed by atoms with E-state index in [2.05, 4.69) is 0 Å². The maximum absolute atomic E-state index is 13.2. The molecular formula is C18H23NO5S. The number of sulfonamides is 1. The van der Waals surface area contributed by atoms with Crippen LogP contribution >= 0.6 is 0 Å². The van der Waals surface area contributed by atoms with E-state index in [9.17, 15) is 18.0 Å². The molecule has 7 heteroatoms. The molecule has 0 aromatic heterocycles. The average molecular weight is 365 g/mol. The fourth-order valence-electron chi connectivity index (χ4n) is 4.09. The third-order valence-electron chi connectivity index (χ3n) is 5.34. The number of carbonyl (C=O) groups excluding carboxylic acids is 2. The number of carbonyl (C=O) groups is 2. The monoisotopic (exact) mass is 365 g/mol. The first kappa shape index (κ1) is 18.1. The molecule has 0 N–H and O–H groups in total. The summed E-state index contributed by atoms with van der Waals surface area (Å²) in [7, 11) is -2.55. The Kier molecular flexibility index (Phi) is 4.97. The Labute approximate surface area is 148 Å². The number of ether oxygens (including phenoxy) is 1. The van der Waals surface area contributed by atoms with Crippen LogP contribution in [0.4, 0.5) is 0 Å². The van der Waals surface area contributed by atoms with Gasteiger partial charge in [-0.2, -0.15) is 4.31 Å². The van der Waals surface area contributed by atoms with Crippen LogP contribution in [0.2, 0.25) is 0 Å². The molecule has 6 nitrogen and oxygen atoms in total. The summed E-state index contributed by atoms with van der Waals surface area (Å²) >= 11 is 0. The Balaban J connectivity index is 1.99. The number of ketones is 1. The molecule has 3 unspecified atom stereocenters. The molecule has 1 aliphatic carbocycles. The van der Waals surface area contributed by atoms with E-state index < -0.39 is 22.0 Å². The van der Waals surface area contributed by atoms with Crippen LogP contribution in [0.15, 0.2) is 29.2 Å². The molecule has 1 heterocycles. The van der Waals surface area contributed by atoms with Crippen LogP contribution in [0.25, 0.3) is 0 Å². The zero-order valence-electron chi connectivity index (χ0n) is 14.5. The summed E-state index contributed by atoms with van der Waals surface area (Å²) in [6.07, 6.45) is 4.25. The second-order valence-corrected chi connectivity index (χ2v) is 8.65. The molecule has 136 valence electrons. The first-order valence-corrected chi connectivity index (χ1v) is 10.0. The summed E-state index contributed by atoms with van der Waals surface area (Å²) in [5.74, 6) is -0.424. The van der Waals surface area contributed by atoms with Gasteiger partial charge in [-0.25, -0.2) is 8.42 Å². The van der Waals surface area contributed by atoms with Gasteiger partial charge in [0.1, 0.15) is 6.04 Å². The number of methoxy groups -OCH3 is 1. The molecule has 25 heavy (non-hydrogen) atoms. The van der Waals surface area contributed by atoms with Crippen molar-refractivity contribution < 1.29 is 22.7 Å². The highest BCUT2D eigenvalue weighted by Gasteiger charge is 2.51. The lowest BCUT2D eigenvalue weighted by Crippen LogP contribution is -2.46. The number of hydrogen-bond acceptors (Lipinski definition) is 5. The lowest BCUT2D eigenvalue weighted by Gasteiger charge is -2.32. The molecule has 3 atom stereocenters. The molecule has 1 saturated carbocycles. The second kappa shape index (κ2) is 6.88. The first-order chi connectivity index (χ1) is 11.9. The molecule has 2 fully saturated rings. The number of hydrogen-bond donors (Lipinski definition) is 0. The Morgan fingerprint density at radius 2 is 1.76 bits per heavy atom. The van der Waals surface area contributed by atoms with E-state index in [0.29, 0.717) is 12.0 Å². The predicted octanol–water partition coefficient (Wildman–Crippen LogP) is 2.38. The van der Waals surface area contributed by atoms with Crippen molar-refractivity contribution in [3.05, 3.63) is 29.8 Å². The van der Waals surface area contributed by atoms with Crippen molar-refractivity contribution in [3.63, 3.8) is 0 Å². The van der Waals surface area contributed by atoms with E-state index in [1.54, 1.807) is 0 Å². The minimum Gasteiger partial charge on any atom is -0.468 e. The lowest BCUT2D eigenvalue weighted by atomic mass is 9.85. The minimum absolute atomic E-state index is 0.109. The standard InChI is InChI=1S/C18H23NO5S/c1-12(20)13-7-9-15(10-8-13)25(22,23)19-16-6-4-3-5-14(16)11-17(19)18(21)24-2/h7-10,14,16-17H,3-6,11H2,1-2H3. The first-order valence-electron chi connectivity index (χ1n) is 8.58. The predicted molar refractivity (Wildman–Crippen MR) is 91.6 cm³/mol. The van der Waals surface area contributed by atoms with Crippen molar-refractivity contribution in [3.8, 4) is 0 Å². The van der Waals surface area contributed by atoms with E-state index in [-0.39, 0.29) is 22.6 Å². The molecule has 0 spiro atoms. The molecule has 0 amide bonds. The highest BCUT2D eigenvalue weighted by Crippen LogP contribution is 2.43. The summed E-state index contributed by atoms with van der Waals surface area (Å²) < 4.78 is 32.7. The smallest absolute Gasteiger partial charge is 0.324 e. The number of esters is 1. The van der Waals surface area contributed by atoms with Gasteiger partial charge in [-0.15, -0.1) is 0 Å². The summed E-state index contributed by atoms with van der Waals surface area (Å²) in [4.78, 5) is 23.7. The molecular weight excluding hydrogens is 342 g/mol. The van der Waals surface area contributed by atoms with E-state index in [1.165, 1.54) is 42.6 Å². The zero-order chi connectivity index (χ0) is 18.2. The van der Waals surface area contributed by atoms with Gasteiger partial charge in [-0.3, -0.25) is 9.59 Å². The van der Waals surface area contributed by atoms with E-state index >= 15 is 0 Å². The van der Waals surface area contributed by atoms with Gasteiger partial charge in [-0.05, 0) is 44.2 Å². The number of rotatable bonds is 4. The van der Waals surface area contributed by atoms with Crippen LogP contribution in [-0.4, -0.2) is 43.7 Å². The number of Topliss-reactive ketones (excluding diaryl/α,β-unsaturated/α-hetero) is 1. The van der Waals surface area contributed by atoms with Crippen molar-refractivity contribution in [2.45, 2.75) is 56.0 Å². The van der Waals surface area contributed by atoms with Crippen molar-refractivity contribution in [2.75, 3.05) is 7.11 Å². The van der Waals surface area contributed by atoms with Gasteiger partial charge in [0.2, 0.25) is 10.0 Å². The summed E-state index contributed by atoms with van der Waals surface area (Å²) in [6.45, 7) is 1.43. The van der Waals surface area contributed by atoms with Crippen LogP contribution in [0.1, 0.15) is 49.4 Å². The maximum atomic E-state index is 13.2. The minimum atomic E-state index is -3.83. The van der Waals surface area contributed by atoms with Crippen LogP contribution in [0, 0.1) is 5.92 Å². The molecule has 1 aliphatic heterocycles. The highest BCUT2D eigenvalue weighted by atomic mass is 32.2. The van der Waals surface area contributed by atoms with Crippen molar-refractivity contribution in [1.82, 2.24) is 4.31 Å². The fourth-order valence-corrected chi connectivity index (χ4v) is 5.95. The molecule has 0 radical (unpaired) electrons. The van der Waals surface area contributed by atoms with Crippen molar-refractivity contribution in [1.29, 1.82) is 0 Å².